The molecule has 1 aliphatic heterocycles. The van der Waals surface area contributed by atoms with Crippen molar-refractivity contribution in [1.29, 1.82) is 0 Å². The van der Waals surface area contributed by atoms with Gasteiger partial charge >= 0.3 is 0 Å². The van der Waals surface area contributed by atoms with E-state index >= 15 is 0 Å². The van der Waals surface area contributed by atoms with Crippen molar-refractivity contribution in [2.75, 3.05) is 0 Å². The van der Waals surface area contributed by atoms with Gasteiger partial charge in [-0.1, -0.05) is 66.2 Å². The van der Waals surface area contributed by atoms with E-state index in [1.807, 2.05) is 72.9 Å². The van der Waals surface area contributed by atoms with Crippen LogP contribution in [0, 0.1) is 5.82 Å². The van der Waals surface area contributed by atoms with Crippen LogP contribution in [0.15, 0.2) is 90.1 Å². The normalized spacial score (nSPS) is 15.7. The summed E-state index contributed by atoms with van der Waals surface area (Å²) >= 11 is 6.05. The van der Waals surface area contributed by atoms with Crippen LogP contribution < -0.4 is 0 Å². The second-order valence-corrected chi connectivity index (χ2v) is 7.47. The second-order valence-electron chi connectivity index (χ2n) is 7.04. The molecule has 0 aliphatic carbocycles. The lowest BCUT2D eigenvalue weighted by molar-refractivity contribution is 0.589. The maximum atomic E-state index is 13.5. The maximum Gasteiger partial charge on any atom is 0.230 e. The molecule has 1 aromatic heterocycles. The van der Waals surface area contributed by atoms with Crippen LogP contribution in [-0.4, -0.2) is 15.3 Å². The molecule has 2 heterocycles. The molecule has 0 bridgehead atoms. The Labute approximate surface area is 173 Å². The molecule has 4 aromatic rings. The van der Waals surface area contributed by atoms with Gasteiger partial charge in [0.25, 0.3) is 0 Å². The predicted molar refractivity (Wildman–Crippen MR) is 114 cm³/mol. The van der Waals surface area contributed by atoms with Crippen LogP contribution >= 0.6 is 11.6 Å². The van der Waals surface area contributed by atoms with Crippen molar-refractivity contribution in [3.8, 4) is 11.3 Å². The van der Waals surface area contributed by atoms with Crippen LogP contribution in [0.1, 0.15) is 23.6 Å². The first kappa shape index (κ1) is 17.8. The number of aromatic nitrogens is 2. The van der Waals surface area contributed by atoms with Crippen molar-refractivity contribution in [3.63, 3.8) is 0 Å². The van der Waals surface area contributed by atoms with Gasteiger partial charge in [0.05, 0.1) is 17.4 Å². The van der Waals surface area contributed by atoms with Gasteiger partial charge in [0.2, 0.25) is 5.95 Å². The summed E-state index contributed by atoms with van der Waals surface area (Å²) in [7, 11) is 0. The molecule has 0 saturated heterocycles. The number of hydrogen-bond acceptors (Lipinski definition) is 2. The van der Waals surface area contributed by atoms with E-state index in [0.29, 0.717) is 17.4 Å². The zero-order valence-corrected chi connectivity index (χ0v) is 16.2. The maximum absolute atomic E-state index is 13.5. The van der Waals surface area contributed by atoms with Gasteiger partial charge in [-0.2, -0.15) is 0 Å². The molecule has 5 heteroatoms. The lowest BCUT2D eigenvalue weighted by atomic mass is 9.96. The van der Waals surface area contributed by atoms with Gasteiger partial charge in [-0.15, -0.1) is 0 Å². The molecule has 142 valence electrons. The molecule has 0 spiro atoms. The van der Waals surface area contributed by atoms with Gasteiger partial charge in [0.15, 0.2) is 0 Å². The Balaban J connectivity index is 1.63. The summed E-state index contributed by atoms with van der Waals surface area (Å²) in [6, 6.07) is 24.3. The minimum Gasteiger partial charge on any atom is -0.307 e. The van der Waals surface area contributed by atoms with Gasteiger partial charge in [0, 0.05) is 23.2 Å². The van der Waals surface area contributed by atoms with Crippen LogP contribution in [0.4, 0.5) is 10.3 Å². The number of rotatable bonds is 3. The molecule has 0 fully saturated rings. The smallest absolute Gasteiger partial charge is 0.230 e. The molecule has 3 aromatic carbocycles. The molecule has 0 N–H and O–H groups in total. The Morgan fingerprint density at radius 1 is 0.862 bits per heavy atom. The fraction of sp³-hybridized carbons (Fsp3) is 0.0833. The van der Waals surface area contributed by atoms with Crippen molar-refractivity contribution < 1.29 is 4.39 Å². The zero-order valence-electron chi connectivity index (χ0n) is 15.5. The van der Waals surface area contributed by atoms with Crippen molar-refractivity contribution >= 4 is 23.3 Å². The molecule has 29 heavy (non-hydrogen) atoms. The van der Waals surface area contributed by atoms with Gasteiger partial charge in [-0.25, -0.2) is 14.4 Å². The van der Waals surface area contributed by atoms with Crippen LogP contribution in [0.25, 0.3) is 11.3 Å². The number of hydrogen-bond donors (Lipinski definition) is 0. The number of benzene rings is 3. The Morgan fingerprint density at radius 2 is 1.59 bits per heavy atom. The molecule has 0 saturated carbocycles. The molecule has 1 aliphatic rings. The SMILES string of the molecule is Fc1ccc([C@@H]2CC(c3ccc(Cl)cc3)=Nc3nc(-c4ccccc4)cn32)cc1. The summed E-state index contributed by atoms with van der Waals surface area (Å²) in [5.41, 5.74) is 4.88. The van der Waals surface area contributed by atoms with E-state index in [2.05, 4.69) is 4.57 Å². The van der Waals surface area contributed by atoms with Crippen molar-refractivity contribution in [3.05, 3.63) is 107 Å². The van der Waals surface area contributed by atoms with E-state index in [0.717, 1.165) is 28.1 Å². The van der Waals surface area contributed by atoms with E-state index in [9.17, 15) is 4.39 Å². The zero-order chi connectivity index (χ0) is 19.8. The molecule has 5 rings (SSSR count). The minimum absolute atomic E-state index is 0.0151. The molecule has 0 amide bonds. The fourth-order valence-electron chi connectivity index (χ4n) is 3.68. The Hall–Kier alpha value is -3.24. The average Bonchev–Trinajstić information content (AvgIpc) is 3.19. The monoisotopic (exact) mass is 401 g/mol. The third-order valence-corrected chi connectivity index (χ3v) is 5.42. The molecule has 0 radical (unpaired) electrons. The number of halogens is 2. The fourth-order valence-corrected chi connectivity index (χ4v) is 3.81. The molecule has 1 atom stereocenters. The third-order valence-electron chi connectivity index (χ3n) is 5.17. The highest BCUT2D eigenvalue weighted by Crippen LogP contribution is 2.36. The second kappa shape index (κ2) is 7.30. The van der Waals surface area contributed by atoms with E-state index in [1.165, 1.54) is 12.1 Å². The minimum atomic E-state index is -0.244. The molecular formula is C24H17ClFN3. The summed E-state index contributed by atoms with van der Waals surface area (Å²) in [4.78, 5) is 9.62. The lowest BCUT2D eigenvalue weighted by Gasteiger charge is -2.25. The van der Waals surface area contributed by atoms with Crippen molar-refractivity contribution in [2.24, 2.45) is 4.99 Å². The quantitative estimate of drug-likeness (QED) is 0.387. The first-order chi connectivity index (χ1) is 14.2. The summed E-state index contributed by atoms with van der Waals surface area (Å²) in [6.07, 6.45) is 2.71. The molecule has 0 unspecified atom stereocenters. The van der Waals surface area contributed by atoms with Crippen molar-refractivity contribution in [2.45, 2.75) is 12.5 Å². The molecular weight excluding hydrogens is 385 g/mol. The standard InChI is InChI=1S/C24H17ClFN3/c25-19-10-6-17(7-11-19)21-14-23(18-8-12-20(26)13-9-18)29-15-22(28-24(29)27-21)16-4-2-1-3-5-16/h1-13,15,23H,14H2/t23-/m0/s1. The number of fused-ring (bicyclic) bond motifs is 1. The van der Waals surface area contributed by atoms with Crippen LogP contribution in [0.2, 0.25) is 5.02 Å². The van der Waals surface area contributed by atoms with E-state index in [-0.39, 0.29) is 11.9 Å². The van der Waals surface area contributed by atoms with Crippen LogP contribution in [0.3, 0.4) is 0 Å². The van der Waals surface area contributed by atoms with E-state index in [4.69, 9.17) is 21.6 Å². The number of aliphatic imine (C=N–C) groups is 1. The third kappa shape index (κ3) is 3.47. The topological polar surface area (TPSA) is 30.2 Å². The first-order valence-corrected chi connectivity index (χ1v) is 9.78. The van der Waals surface area contributed by atoms with Gasteiger partial charge in [-0.05, 0) is 35.4 Å². The average molecular weight is 402 g/mol. The Bertz CT molecular complexity index is 1180. The molecule has 3 nitrogen and oxygen atoms in total. The summed E-state index contributed by atoms with van der Waals surface area (Å²) in [5.74, 6) is 0.404. The first-order valence-electron chi connectivity index (χ1n) is 9.40. The van der Waals surface area contributed by atoms with Gasteiger partial charge < -0.3 is 4.57 Å². The Kier molecular flexibility index (Phi) is 4.49. The summed E-state index contributed by atoms with van der Waals surface area (Å²) in [6.45, 7) is 0. The number of imidazole rings is 1. The van der Waals surface area contributed by atoms with Crippen LogP contribution in [-0.2, 0) is 0 Å². The summed E-state index contributed by atoms with van der Waals surface area (Å²) in [5, 5.41) is 0.688. The highest BCUT2D eigenvalue weighted by molar-refractivity contribution is 6.30. The predicted octanol–water partition coefficient (Wildman–Crippen LogP) is 6.46. The van der Waals surface area contributed by atoms with Gasteiger partial charge in [0.1, 0.15) is 5.82 Å². The largest absolute Gasteiger partial charge is 0.307 e. The van der Waals surface area contributed by atoms with E-state index in [1.54, 1.807) is 0 Å². The lowest BCUT2D eigenvalue weighted by Crippen LogP contribution is -2.19. The van der Waals surface area contributed by atoms with Crippen LogP contribution in [0.5, 0.6) is 0 Å². The highest BCUT2D eigenvalue weighted by atomic mass is 35.5. The Morgan fingerprint density at radius 3 is 2.31 bits per heavy atom. The highest BCUT2D eigenvalue weighted by Gasteiger charge is 2.26. The number of nitrogens with zero attached hydrogens (tertiary/aromatic N) is 3. The summed E-state index contributed by atoms with van der Waals surface area (Å²) < 4.78 is 15.6. The van der Waals surface area contributed by atoms with Crippen molar-refractivity contribution in [1.82, 2.24) is 9.55 Å². The van der Waals surface area contributed by atoms with E-state index < -0.39 is 0 Å². The van der Waals surface area contributed by atoms with Gasteiger partial charge in [-0.3, -0.25) is 0 Å².